The normalized spacial score (nSPS) is 11.3. The third kappa shape index (κ3) is 4.99. The molecule has 9 heteroatoms. The highest BCUT2D eigenvalue weighted by Crippen LogP contribution is 2.19. The smallest absolute Gasteiger partial charge is 0.261 e. The van der Waals surface area contributed by atoms with Crippen LogP contribution in [-0.4, -0.2) is 24.1 Å². The summed E-state index contributed by atoms with van der Waals surface area (Å²) in [6, 6.07) is 20.4. The van der Waals surface area contributed by atoms with Crippen LogP contribution in [0.3, 0.4) is 0 Å². The molecule has 1 heterocycles. The van der Waals surface area contributed by atoms with Crippen molar-refractivity contribution in [2.45, 2.75) is 25.3 Å². The summed E-state index contributed by atoms with van der Waals surface area (Å²) in [6.45, 7) is 4.05. The molecule has 0 saturated carbocycles. The maximum Gasteiger partial charge on any atom is 0.261 e. The fourth-order valence-electron chi connectivity index (χ4n) is 3.56. The maximum absolute atomic E-state index is 13.1. The number of amides is 1. The zero-order chi connectivity index (χ0) is 24.3. The average molecular weight is 479 g/mol. The van der Waals surface area contributed by atoms with Crippen molar-refractivity contribution >= 4 is 21.6 Å². The topological polar surface area (TPSA) is 93.1 Å². The summed E-state index contributed by atoms with van der Waals surface area (Å²) in [7, 11) is -3.96. The lowest BCUT2D eigenvalue weighted by Crippen LogP contribution is -2.24. The van der Waals surface area contributed by atoms with Crippen LogP contribution in [0, 0.1) is 19.7 Å². The molecule has 34 heavy (non-hydrogen) atoms. The molecule has 0 atom stereocenters. The van der Waals surface area contributed by atoms with Gasteiger partial charge in [0.15, 0.2) is 0 Å². The molecule has 2 N–H and O–H groups in total. The molecule has 1 amide bonds. The van der Waals surface area contributed by atoms with Crippen LogP contribution >= 0.6 is 0 Å². The first-order chi connectivity index (χ1) is 16.2. The summed E-state index contributed by atoms with van der Waals surface area (Å²) in [6.07, 6.45) is 0. The van der Waals surface area contributed by atoms with Gasteiger partial charge in [-0.05, 0) is 68.4 Å². The lowest BCUT2D eigenvalue weighted by molar-refractivity contribution is 0.0950. The third-order valence-electron chi connectivity index (χ3n) is 5.37. The van der Waals surface area contributed by atoms with Crippen LogP contribution in [0.2, 0.25) is 0 Å². The first kappa shape index (κ1) is 23.2. The molecule has 3 aromatic carbocycles. The summed E-state index contributed by atoms with van der Waals surface area (Å²) in [5.74, 6) is -0.883. The van der Waals surface area contributed by atoms with Crippen LogP contribution in [0.15, 0.2) is 83.8 Å². The average Bonchev–Trinajstić information content (AvgIpc) is 3.12. The van der Waals surface area contributed by atoms with E-state index < -0.39 is 21.7 Å². The highest BCUT2D eigenvalue weighted by atomic mass is 32.2. The van der Waals surface area contributed by atoms with Crippen molar-refractivity contribution in [2.75, 3.05) is 4.72 Å². The van der Waals surface area contributed by atoms with Gasteiger partial charge in [0.25, 0.3) is 15.9 Å². The van der Waals surface area contributed by atoms with Crippen molar-refractivity contribution in [2.24, 2.45) is 0 Å². The summed E-state index contributed by atoms with van der Waals surface area (Å²) in [5.41, 5.74) is 3.93. The molecule has 0 radical (unpaired) electrons. The number of para-hydroxylation sites is 1. The van der Waals surface area contributed by atoms with Crippen LogP contribution < -0.4 is 10.0 Å². The molecule has 0 saturated heterocycles. The predicted molar refractivity (Wildman–Crippen MR) is 128 cm³/mol. The lowest BCUT2D eigenvalue weighted by atomic mass is 10.1. The zero-order valence-electron chi connectivity index (χ0n) is 18.6. The van der Waals surface area contributed by atoms with E-state index in [1.54, 1.807) is 6.07 Å². The Hall–Kier alpha value is -3.98. The number of anilines is 1. The number of benzene rings is 3. The van der Waals surface area contributed by atoms with Gasteiger partial charge in [-0.15, -0.1) is 0 Å². The Bertz CT molecular complexity index is 1430. The van der Waals surface area contributed by atoms with Crippen LogP contribution in [0.25, 0.3) is 5.69 Å². The number of carbonyl (C=O) groups is 1. The van der Waals surface area contributed by atoms with Gasteiger partial charge in [0.05, 0.1) is 16.3 Å². The Balaban J connectivity index is 1.49. The van der Waals surface area contributed by atoms with Crippen LogP contribution in [-0.2, 0) is 16.6 Å². The largest absolute Gasteiger partial charge is 0.348 e. The van der Waals surface area contributed by atoms with Crippen molar-refractivity contribution in [3.05, 3.63) is 107 Å². The predicted octanol–water partition coefficient (Wildman–Crippen LogP) is 4.36. The molecule has 0 fully saturated rings. The minimum absolute atomic E-state index is 0.0752. The number of sulfonamides is 1. The van der Waals surface area contributed by atoms with E-state index in [0.717, 1.165) is 34.8 Å². The van der Waals surface area contributed by atoms with Gasteiger partial charge in [-0.2, -0.15) is 5.10 Å². The number of aromatic nitrogens is 2. The Morgan fingerprint density at radius 1 is 0.971 bits per heavy atom. The van der Waals surface area contributed by atoms with Crippen LogP contribution in [0.1, 0.15) is 27.3 Å². The van der Waals surface area contributed by atoms with Gasteiger partial charge < -0.3 is 5.32 Å². The molecule has 174 valence electrons. The molecule has 0 spiro atoms. The minimum Gasteiger partial charge on any atom is -0.348 e. The quantitative estimate of drug-likeness (QED) is 0.413. The number of carbonyl (C=O) groups excluding carboxylic acids is 1. The summed E-state index contributed by atoms with van der Waals surface area (Å²) in [5, 5.41) is 7.42. The Morgan fingerprint density at radius 2 is 1.68 bits per heavy atom. The first-order valence-electron chi connectivity index (χ1n) is 10.5. The fraction of sp³-hybridized carbons (Fsp3) is 0.120. The van der Waals surface area contributed by atoms with Gasteiger partial charge in [-0.1, -0.05) is 24.3 Å². The molecule has 0 bridgehead atoms. The summed E-state index contributed by atoms with van der Waals surface area (Å²) >= 11 is 0. The number of hydrogen-bond donors (Lipinski definition) is 2. The van der Waals surface area contributed by atoms with Crippen molar-refractivity contribution < 1.29 is 17.6 Å². The minimum atomic E-state index is -3.96. The maximum atomic E-state index is 13.1. The molecule has 0 unspecified atom stereocenters. The van der Waals surface area contributed by atoms with E-state index in [2.05, 4.69) is 15.1 Å². The molecular formula is C25H23FN4O3S. The lowest BCUT2D eigenvalue weighted by Gasteiger charge is -2.10. The second kappa shape index (κ2) is 9.48. The SMILES string of the molecule is Cc1nn(-c2ccccc2)c(C)c1CNC(=O)c1cccc(S(=O)(=O)Nc2ccc(F)cc2)c1. The van der Waals surface area contributed by atoms with Gasteiger partial charge in [0.2, 0.25) is 0 Å². The van der Waals surface area contributed by atoms with E-state index in [1.165, 1.54) is 30.3 Å². The first-order valence-corrected chi connectivity index (χ1v) is 12.0. The number of rotatable bonds is 7. The van der Waals surface area contributed by atoms with Crippen molar-refractivity contribution in [1.29, 1.82) is 0 Å². The second-order valence-electron chi connectivity index (χ2n) is 7.72. The Morgan fingerprint density at radius 3 is 2.38 bits per heavy atom. The van der Waals surface area contributed by atoms with E-state index in [1.807, 2.05) is 48.9 Å². The van der Waals surface area contributed by atoms with Crippen molar-refractivity contribution in [3.8, 4) is 5.69 Å². The molecule has 1 aromatic heterocycles. The van der Waals surface area contributed by atoms with Crippen molar-refractivity contribution in [1.82, 2.24) is 15.1 Å². The van der Waals surface area contributed by atoms with Crippen LogP contribution in [0.5, 0.6) is 0 Å². The highest BCUT2D eigenvalue weighted by molar-refractivity contribution is 7.92. The fourth-order valence-corrected chi connectivity index (χ4v) is 4.66. The molecule has 4 aromatic rings. The number of nitrogens with one attached hydrogen (secondary N) is 2. The Labute approximate surface area is 197 Å². The molecule has 7 nitrogen and oxygen atoms in total. The number of aryl methyl sites for hydroxylation is 1. The van der Waals surface area contributed by atoms with Gasteiger partial charge in [0, 0.05) is 29.1 Å². The highest BCUT2D eigenvalue weighted by Gasteiger charge is 2.18. The molecule has 4 rings (SSSR count). The summed E-state index contributed by atoms with van der Waals surface area (Å²) in [4.78, 5) is 12.7. The van der Waals surface area contributed by atoms with E-state index in [-0.39, 0.29) is 22.7 Å². The van der Waals surface area contributed by atoms with E-state index >= 15 is 0 Å². The third-order valence-corrected chi connectivity index (χ3v) is 6.75. The number of halogens is 1. The van der Waals surface area contributed by atoms with E-state index in [4.69, 9.17) is 0 Å². The van der Waals surface area contributed by atoms with E-state index in [9.17, 15) is 17.6 Å². The van der Waals surface area contributed by atoms with Gasteiger partial charge >= 0.3 is 0 Å². The molecular weight excluding hydrogens is 455 g/mol. The van der Waals surface area contributed by atoms with Gasteiger partial charge in [-0.3, -0.25) is 9.52 Å². The molecule has 0 aliphatic rings. The van der Waals surface area contributed by atoms with Crippen molar-refractivity contribution in [3.63, 3.8) is 0 Å². The number of hydrogen-bond acceptors (Lipinski definition) is 4. The van der Waals surface area contributed by atoms with Crippen LogP contribution in [0.4, 0.5) is 10.1 Å². The monoisotopic (exact) mass is 478 g/mol. The summed E-state index contributed by atoms with van der Waals surface area (Å²) < 4.78 is 42.7. The van der Waals surface area contributed by atoms with Gasteiger partial charge in [-0.25, -0.2) is 17.5 Å². The zero-order valence-corrected chi connectivity index (χ0v) is 19.4. The van der Waals surface area contributed by atoms with E-state index in [0.29, 0.717) is 0 Å². The van der Waals surface area contributed by atoms with Gasteiger partial charge in [0.1, 0.15) is 5.82 Å². The standard InChI is InChI=1S/C25H23FN4O3S/c1-17-24(18(2)30(28-17)22-8-4-3-5-9-22)16-27-25(31)19-7-6-10-23(15-19)34(32,33)29-21-13-11-20(26)12-14-21/h3-15,29H,16H2,1-2H3,(H,27,31). The molecule has 0 aliphatic heterocycles. The molecule has 0 aliphatic carbocycles. The Kier molecular flexibility index (Phi) is 6.47. The second-order valence-corrected chi connectivity index (χ2v) is 9.40. The number of nitrogens with zero attached hydrogens (tertiary/aromatic N) is 2.